The number of rotatable bonds is 6. The van der Waals surface area contributed by atoms with Gasteiger partial charge in [0.05, 0.1) is 0 Å². The monoisotopic (exact) mass is 820 g/mol. The van der Waals surface area contributed by atoms with E-state index in [0.29, 0.717) is 0 Å². The van der Waals surface area contributed by atoms with Gasteiger partial charge in [-0.2, -0.15) is 96.6 Å². The number of alkyl halides is 22. The third-order valence-corrected chi connectivity index (χ3v) is 7.75. The third kappa shape index (κ3) is 5.14. The highest BCUT2D eigenvalue weighted by atomic mass is 19.4. The van der Waals surface area contributed by atoms with Crippen LogP contribution in [0.2, 0.25) is 0 Å². The van der Waals surface area contributed by atoms with Crippen LogP contribution in [0.4, 0.5) is 105 Å². The van der Waals surface area contributed by atoms with Crippen LogP contribution >= 0.6 is 0 Å². The molecule has 0 N–H and O–H groups in total. The van der Waals surface area contributed by atoms with Crippen LogP contribution < -0.4 is 9.47 Å². The van der Waals surface area contributed by atoms with E-state index in [9.17, 15) is 105 Å². The molecule has 0 heterocycles. The summed E-state index contributed by atoms with van der Waals surface area (Å²) in [5, 5.41) is 0. The van der Waals surface area contributed by atoms with Gasteiger partial charge in [0.15, 0.2) is 0 Å². The van der Waals surface area contributed by atoms with Crippen molar-refractivity contribution >= 4 is 0 Å². The maximum atomic E-state index is 14.4. The zero-order valence-electron chi connectivity index (χ0n) is 24.0. The van der Waals surface area contributed by atoms with Crippen molar-refractivity contribution in [3.8, 4) is 11.5 Å². The molecule has 53 heavy (non-hydrogen) atoms. The van der Waals surface area contributed by atoms with E-state index in [1.165, 1.54) is 0 Å². The molecule has 0 bridgehead atoms. The van der Waals surface area contributed by atoms with E-state index in [1.807, 2.05) is 0 Å². The van der Waals surface area contributed by atoms with Gasteiger partial charge in [-0.1, -0.05) is 24.3 Å². The molecule has 0 saturated carbocycles. The highest BCUT2D eigenvalue weighted by molar-refractivity contribution is 5.48. The molecule has 0 amide bonds. The largest absolute Gasteiger partial charge is 0.452 e. The van der Waals surface area contributed by atoms with E-state index < -0.39 is 135 Å². The average molecular weight is 820 g/mol. The molecule has 2 aliphatic carbocycles. The van der Waals surface area contributed by atoms with Crippen molar-refractivity contribution in [3.63, 3.8) is 0 Å². The second-order valence-electron chi connectivity index (χ2n) is 10.9. The van der Waals surface area contributed by atoms with Gasteiger partial charge in [-0.15, -0.1) is 0 Å². The lowest BCUT2D eigenvalue weighted by Gasteiger charge is -2.41. The minimum Gasteiger partial charge on any atom is -0.452 e. The third-order valence-electron chi connectivity index (χ3n) is 7.75. The van der Waals surface area contributed by atoms with Gasteiger partial charge in [0.2, 0.25) is 28.6 Å². The predicted molar refractivity (Wildman–Crippen MR) is 123 cm³/mol. The highest BCUT2D eigenvalue weighted by Crippen LogP contribution is 2.64. The molecule has 0 spiro atoms. The summed E-state index contributed by atoms with van der Waals surface area (Å²) in [5.41, 5.74) is -9.65. The summed E-state index contributed by atoms with van der Waals surface area (Å²) in [6.45, 7) is 0. The van der Waals surface area contributed by atoms with Crippen molar-refractivity contribution in [2.45, 2.75) is 65.1 Å². The number of hydrogen-bond donors (Lipinski definition) is 0. The molecule has 0 saturated heterocycles. The number of ether oxygens (including phenoxy) is 2. The minimum absolute atomic E-state index is 0.297. The van der Waals surface area contributed by atoms with E-state index in [2.05, 4.69) is 9.47 Å². The first-order chi connectivity index (χ1) is 23.5. The van der Waals surface area contributed by atoms with Crippen LogP contribution in [0.3, 0.4) is 0 Å². The summed E-state index contributed by atoms with van der Waals surface area (Å²) in [6, 6.07) is -2.75. The Morgan fingerprint density at radius 3 is 0.811 bits per heavy atom. The molecule has 0 aliphatic heterocycles. The first-order valence-corrected chi connectivity index (χ1v) is 13.0. The lowest BCUT2D eigenvalue weighted by molar-refractivity contribution is -0.368. The quantitative estimate of drug-likeness (QED) is 0.270. The summed E-state index contributed by atoms with van der Waals surface area (Å²) >= 11 is 0. The summed E-state index contributed by atoms with van der Waals surface area (Å²) in [6.07, 6.45) is -13.3. The van der Waals surface area contributed by atoms with Crippen LogP contribution in [0, 0.1) is 0 Å². The smallest absolute Gasteiger partial charge is 0.411 e. The minimum atomic E-state index is -7.12. The average Bonchev–Trinajstić information content (AvgIpc) is 3.00. The molecular formula is C27H8F24O2. The van der Waals surface area contributed by atoms with Crippen LogP contribution in [0.15, 0.2) is 71.7 Å². The fourth-order valence-corrected chi connectivity index (χ4v) is 4.89. The number of halogens is 24. The van der Waals surface area contributed by atoms with Crippen LogP contribution in [-0.2, 0) is 5.41 Å². The van der Waals surface area contributed by atoms with E-state index in [0.717, 1.165) is 0 Å². The summed E-state index contributed by atoms with van der Waals surface area (Å²) in [4.78, 5) is 0. The first-order valence-electron chi connectivity index (χ1n) is 13.0. The SMILES string of the molecule is FC1=C(Oc2ccc(C(c3ccc(OC4=C(F)C(F)(F)C(F)(F)C(F)(F)C4(F)F)cc3)(C(F)(F)F)C(F)(F)F)cc2)C(F)(F)C(F)(F)C(F)(F)C1(F)F. The van der Waals surface area contributed by atoms with Crippen molar-refractivity contribution < 1.29 is 115 Å². The van der Waals surface area contributed by atoms with Gasteiger partial charge >= 0.3 is 59.7 Å². The summed E-state index contributed by atoms with van der Waals surface area (Å²) in [7, 11) is 0. The Balaban J connectivity index is 1.81. The fourth-order valence-electron chi connectivity index (χ4n) is 4.89. The number of benzene rings is 2. The van der Waals surface area contributed by atoms with Crippen molar-refractivity contribution in [1.82, 2.24) is 0 Å². The Kier molecular flexibility index (Phi) is 8.97. The normalized spacial score (nSPS) is 24.2. The molecule has 2 aromatic rings. The molecule has 0 atom stereocenters. The van der Waals surface area contributed by atoms with Gasteiger partial charge in [0.25, 0.3) is 0 Å². The van der Waals surface area contributed by atoms with E-state index in [1.54, 1.807) is 0 Å². The van der Waals surface area contributed by atoms with Gasteiger partial charge in [-0.25, -0.2) is 8.78 Å². The van der Waals surface area contributed by atoms with Gasteiger partial charge in [-0.3, -0.25) is 0 Å². The van der Waals surface area contributed by atoms with Crippen LogP contribution in [0.1, 0.15) is 11.1 Å². The molecular weight excluding hydrogens is 812 g/mol. The van der Waals surface area contributed by atoms with E-state index in [-0.39, 0.29) is 24.3 Å². The molecule has 2 aromatic carbocycles. The van der Waals surface area contributed by atoms with Crippen LogP contribution in [0.25, 0.3) is 0 Å². The van der Waals surface area contributed by atoms with Crippen molar-refractivity contribution in [2.24, 2.45) is 0 Å². The predicted octanol–water partition coefficient (Wildman–Crippen LogP) is 11.3. The molecule has 0 fully saturated rings. The van der Waals surface area contributed by atoms with E-state index >= 15 is 0 Å². The molecule has 2 aliphatic rings. The molecule has 0 unspecified atom stereocenters. The molecule has 0 radical (unpaired) electrons. The Labute approximate surface area is 275 Å². The van der Waals surface area contributed by atoms with Crippen molar-refractivity contribution in [2.75, 3.05) is 0 Å². The molecule has 0 aromatic heterocycles. The molecule has 26 heteroatoms. The first kappa shape index (κ1) is 41.6. The van der Waals surface area contributed by atoms with Crippen LogP contribution in [-0.4, -0.2) is 59.7 Å². The van der Waals surface area contributed by atoms with Gasteiger partial charge < -0.3 is 9.47 Å². The van der Waals surface area contributed by atoms with Crippen molar-refractivity contribution in [3.05, 3.63) is 82.8 Å². The highest BCUT2D eigenvalue weighted by Gasteiger charge is 2.89. The lowest BCUT2D eigenvalue weighted by atomic mass is 9.73. The van der Waals surface area contributed by atoms with Gasteiger partial charge in [0.1, 0.15) is 11.5 Å². The molecule has 296 valence electrons. The number of allylic oxidation sites excluding steroid dienone is 4. The zero-order chi connectivity index (χ0) is 41.2. The topological polar surface area (TPSA) is 18.5 Å². The number of hydrogen-bond acceptors (Lipinski definition) is 2. The maximum absolute atomic E-state index is 14.4. The zero-order valence-corrected chi connectivity index (χ0v) is 24.0. The van der Waals surface area contributed by atoms with E-state index in [4.69, 9.17) is 0 Å². The standard InChI is InChI=1S/C27H8F24O2/c28-13-15(20(34,35)24(42,43)22(38,39)18(13,30)31)52-11-5-1-9(2-6-11)17(26(46,47)48,27(49,50)51)10-3-7-12(8-4-10)53-16-14(29)19(32,33)23(40,41)25(44,45)21(16,36)37/h1-8H. The summed E-state index contributed by atoms with van der Waals surface area (Å²) < 4.78 is 342. The van der Waals surface area contributed by atoms with Gasteiger partial charge in [0, 0.05) is 0 Å². The molecule has 4 rings (SSSR count). The van der Waals surface area contributed by atoms with Crippen molar-refractivity contribution in [1.29, 1.82) is 0 Å². The summed E-state index contributed by atoms with van der Waals surface area (Å²) in [5.74, 6) is -73.8. The molecule has 2 nitrogen and oxygen atoms in total. The Hall–Kier alpha value is -4.16. The second kappa shape index (κ2) is 11.4. The Morgan fingerprint density at radius 2 is 0.585 bits per heavy atom. The fraction of sp³-hybridized carbons (Fsp3) is 0.407. The Bertz CT molecular complexity index is 1680. The lowest BCUT2D eigenvalue weighted by Crippen LogP contribution is -2.67. The Morgan fingerprint density at radius 1 is 0.358 bits per heavy atom. The van der Waals surface area contributed by atoms with Gasteiger partial charge in [-0.05, 0) is 35.4 Å². The maximum Gasteiger partial charge on any atom is 0.411 e. The second-order valence-corrected chi connectivity index (χ2v) is 10.9. The van der Waals surface area contributed by atoms with Crippen LogP contribution in [0.5, 0.6) is 11.5 Å².